The molecule has 0 aliphatic rings. The van der Waals surface area contributed by atoms with Crippen molar-refractivity contribution in [1.29, 1.82) is 0 Å². The molecule has 0 saturated carbocycles. The zero-order chi connectivity index (χ0) is 10.4. The van der Waals surface area contributed by atoms with Gasteiger partial charge in [0, 0.05) is 24.7 Å². The number of hydrogen-bond acceptors (Lipinski definition) is 4. The lowest BCUT2D eigenvalue weighted by molar-refractivity contribution is 0.232. The van der Waals surface area contributed by atoms with Crippen molar-refractivity contribution in [3.63, 3.8) is 0 Å². The zero-order valence-electron chi connectivity index (χ0n) is 8.95. The number of nitrogens with zero attached hydrogens (tertiary/aromatic N) is 2. The van der Waals surface area contributed by atoms with Gasteiger partial charge < -0.3 is 10.1 Å². The zero-order valence-corrected chi connectivity index (χ0v) is 8.95. The van der Waals surface area contributed by atoms with Gasteiger partial charge in [-0.05, 0) is 20.9 Å². The van der Waals surface area contributed by atoms with Crippen LogP contribution in [0.25, 0.3) is 0 Å². The molecule has 0 aliphatic carbocycles. The van der Waals surface area contributed by atoms with Crippen LogP contribution >= 0.6 is 0 Å². The SMILES string of the molecule is CNCCc1cc(OC(C)C)ncn1. The smallest absolute Gasteiger partial charge is 0.216 e. The van der Waals surface area contributed by atoms with Crippen LogP contribution in [0.1, 0.15) is 19.5 Å². The number of nitrogens with one attached hydrogen (secondary N) is 1. The maximum Gasteiger partial charge on any atom is 0.216 e. The first-order valence-corrected chi connectivity index (χ1v) is 4.84. The van der Waals surface area contributed by atoms with Crippen molar-refractivity contribution < 1.29 is 4.74 Å². The monoisotopic (exact) mass is 195 g/mol. The minimum absolute atomic E-state index is 0.155. The van der Waals surface area contributed by atoms with Gasteiger partial charge in [0.2, 0.25) is 5.88 Å². The van der Waals surface area contributed by atoms with Crippen LogP contribution in [-0.2, 0) is 6.42 Å². The lowest BCUT2D eigenvalue weighted by atomic mass is 10.3. The first-order valence-electron chi connectivity index (χ1n) is 4.84. The molecule has 0 fully saturated rings. The van der Waals surface area contributed by atoms with E-state index in [0.717, 1.165) is 18.7 Å². The Morgan fingerprint density at radius 3 is 2.86 bits per heavy atom. The molecule has 0 aliphatic heterocycles. The van der Waals surface area contributed by atoms with E-state index in [0.29, 0.717) is 5.88 Å². The van der Waals surface area contributed by atoms with Crippen LogP contribution < -0.4 is 10.1 Å². The van der Waals surface area contributed by atoms with Crippen molar-refractivity contribution in [2.45, 2.75) is 26.4 Å². The predicted octanol–water partition coefficient (Wildman–Crippen LogP) is 1.03. The van der Waals surface area contributed by atoms with Gasteiger partial charge in [0.15, 0.2) is 0 Å². The third kappa shape index (κ3) is 3.70. The van der Waals surface area contributed by atoms with E-state index in [2.05, 4.69) is 15.3 Å². The topological polar surface area (TPSA) is 47.0 Å². The predicted molar refractivity (Wildman–Crippen MR) is 55.4 cm³/mol. The van der Waals surface area contributed by atoms with Crippen molar-refractivity contribution in [3.05, 3.63) is 18.1 Å². The minimum atomic E-state index is 0.155. The van der Waals surface area contributed by atoms with Gasteiger partial charge in [-0.2, -0.15) is 0 Å². The standard InChI is InChI=1S/C10H17N3O/c1-8(2)14-10-6-9(4-5-11-3)12-7-13-10/h6-8,11H,4-5H2,1-3H3. The second-order valence-corrected chi connectivity index (χ2v) is 3.37. The Kier molecular flexibility index (Phi) is 4.32. The van der Waals surface area contributed by atoms with Crippen LogP contribution in [0.4, 0.5) is 0 Å². The molecule has 4 nitrogen and oxygen atoms in total. The molecule has 0 unspecified atom stereocenters. The highest BCUT2D eigenvalue weighted by atomic mass is 16.5. The van der Waals surface area contributed by atoms with Gasteiger partial charge >= 0.3 is 0 Å². The highest BCUT2D eigenvalue weighted by Crippen LogP contribution is 2.08. The fourth-order valence-electron chi connectivity index (χ4n) is 1.07. The molecule has 1 aromatic heterocycles. The minimum Gasteiger partial charge on any atom is -0.475 e. The Morgan fingerprint density at radius 1 is 1.43 bits per heavy atom. The Labute approximate surface area is 84.7 Å². The van der Waals surface area contributed by atoms with Crippen LogP contribution in [0.5, 0.6) is 5.88 Å². The maximum absolute atomic E-state index is 5.46. The summed E-state index contributed by atoms with van der Waals surface area (Å²) in [5.74, 6) is 0.654. The summed E-state index contributed by atoms with van der Waals surface area (Å²) in [5.41, 5.74) is 1.00. The van der Waals surface area contributed by atoms with Gasteiger partial charge in [-0.15, -0.1) is 0 Å². The summed E-state index contributed by atoms with van der Waals surface area (Å²) >= 11 is 0. The van der Waals surface area contributed by atoms with Crippen LogP contribution in [0, 0.1) is 0 Å². The summed E-state index contributed by atoms with van der Waals surface area (Å²) in [6.45, 7) is 4.88. The van der Waals surface area contributed by atoms with E-state index in [9.17, 15) is 0 Å². The summed E-state index contributed by atoms with van der Waals surface area (Å²) in [7, 11) is 1.92. The summed E-state index contributed by atoms with van der Waals surface area (Å²) in [6.07, 6.45) is 2.60. The molecule has 78 valence electrons. The molecule has 14 heavy (non-hydrogen) atoms. The van der Waals surface area contributed by atoms with Gasteiger partial charge in [0.25, 0.3) is 0 Å². The highest BCUT2D eigenvalue weighted by Gasteiger charge is 2.01. The van der Waals surface area contributed by atoms with Gasteiger partial charge in [0.05, 0.1) is 6.10 Å². The number of aromatic nitrogens is 2. The number of rotatable bonds is 5. The lowest BCUT2D eigenvalue weighted by Gasteiger charge is -2.08. The van der Waals surface area contributed by atoms with Crippen molar-refractivity contribution >= 4 is 0 Å². The summed E-state index contributed by atoms with van der Waals surface area (Å²) < 4.78 is 5.46. The molecule has 0 saturated heterocycles. The third-order valence-corrected chi connectivity index (χ3v) is 1.69. The quantitative estimate of drug-likeness (QED) is 0.762. The van der Waals surface area contributed by atoms with E-state index < -0.39 is 0 Å². The Balaban J connectivity index is 2.59. The van der Waals surface area contributed by atoms with Gasteiger partial charge in [-0.3, -0.25) is 0 Å². The molecule has 0 aromatic carbocycles. The van der Waals surface area contributed by atoms with Crippen molar-refractivity contribution in [3.8, 4) is 5.88 Å². The maximum atomic E-state index is 5.46. The molecule has 0 spiro atoms. The van der Waals surface area contributed by atoms with Crippen molar-refractivity contribution in [1.82, 2.24) is 15.3 Å². The second kappa shape index (κ2) is 5.54. The first-order chi connectivity index (χ1) is 6.72. The van der Waals surface area contributed by atoms with Crippen molar-refractivity contribution in [2.24, 2.45) is 0 Å². The summed E-state index contributed by atoms with van der Waals surface area (Å²) in [4.78, 5) is 8.19. The van der Waals surface area contributed by atoms with E-state index in [-0.39, 0.29) is 6.10 Å². The van der Waals surface area contributed by atoms with Gasteiger partial charge in [-0.25, -0.2) is 9.97 Å². The van der Waals surface area contributed by atoms with Crippen LogP contribution in [0.2, 0.25) is 0 Å². The molecule has 1 rings (SSSR count). The van der Waals surface area contributed by atoms with E-state index in [1.807, 2.05) is 27.0 Å². The first kappa shape index (κ1) is 10.9. The second-order valence-electron chi connectivity index (χ2n) is 3.37. The summed E-state index contributed by atoms with van der Waals surface area (Å²) in [6, 6.07) is 1.89. The molecule has 1 N–H and O–H groups in total. The van der Waals surface area contributed by atoms with Crippen molar-refractivity contribution in [2.75, 3.05) is 13.6 Å². The highest BCUT2D eigenvalue weighted by molar-refractivity contribution is 5.13. The Bertz CT molecular complexity index is 276. The Morgan fingerprint density at radius 2 is 2.21 bits per heavy atom. The molecule has 4 heteroatoms. The third-order valence-electron chi connectivity index (χ3n) is 1.69. The molecular weight excluding hydrogens is 178 g/mol. The van der Waals surface area contributed by atoms with E-state index in [4.69, 9.17) is 4.74 Å². The van der Waals surface area contributed by atoms with E-state index in [1.165, 1.54) is 0 Å². The number of ether oxygens (including phenoxy) is 1. The largest absolute Gasteiger partial charge is 0.475 e. The average Bonchev–Trinajstić information content (AvgIpc) is 2.14. The molecule has 0 bridgehead atoms. The van der Waals surface area contributed by atoms with Gasteiger partial charge in [0.1, 0.15) is 6.33 Å². The molecular formula is C10H17N3O. The van der Waals surface area contributed by atoms with Gasteiger partial charge in [-0.1, -0.05) is 0 Å². The average molecular weight is 195 g/mol. The van der Waals surface area contributed by atoms with E-state index in [1.54, 1.807) is 6.33 Å². The van der Waals surface area contributed by atoms with Crippen LogP contribution in [-0.4, -0.2) is 29.7 Å². The molecule has 0 amide bonds. The molecule has 1 aromatic rings. The van der Waals surface area contributed by atoms with Crippen LogP contribution in [0.15, 0.2) is 12.4 Å². The fraction of sp³-hybridized carbons (Fsp3) is 0.600. The molecule has 1 heterocycles. The normalized spacial score (nSPS) is 10.6. The number of hydrogen-bond donors (Lipinski definition) is 1. The molecule has 0 radical (unpaired) electrons. The molecule has 0 atom stereocenters. The summed E-state index contributed by atoms with van der Waals surface area (Å²) in [5, 5.41) is 3.08. The Hall–Kier alpha value is -1.16. The van der Waals surface area contributed by atoms with Crippen LogP contribution in [0.3, 0.4) is 0 Å². The number of likely N-dealkylation sites (N-methyl/N-ethyl adjacent to an activating group) is 1. The lowest BCUT2D eigenvalue weighted by Crippen LogP contribution is -2.12. The fourth-order valence-corrected chi connectivity index (χ4v) is 1.07. The van der Waals surface area contributed by atoms with E-state index >= 15 is 0 Å².